The Hall–Kier alpha value is -1.59. The van der Waals surface area contributed by atoms with E-state index in [1.165, 1.54) is 17.2 Å². The normalized spacial score (nSPS) is 8.89. The van der Waals surface area contributed by atoms with Gasteiger partial charge in [-0.05, 0) is 5.21 Å². The van der Waals surface area contributed by atoms with Crippen molar-refractivity contribution in [1.29, 1.82) is 0 Å². The summed E-state index contributed by atoms with van der Waals surface area (Å²) in [7, 11) is 0. The van der Waals surface area contributed by atoms with Crippen molar-refractivity contribution in [2.75, 3.05) is 0 Å². The van der Waals surface area contributed by atoms with Gasteiger partial charge in [-0.15, -0.1) is 15.0 Å². The SMILES string of the molecule is NC(N)=Nn1ccnn1. The fourth-order valence-corrected chi connectivity index (χ4v) is 0.374. The molecule has 9 heavy (non-hydrogen) atoms. The van der Waals surface area contributed by atoms with Crippen LogP contribution in [0.25, 0.3) is 0 Å². The third kappa shape index (κ3) is 1.41. The van der Waals surface area contributed by atoms with E-state index in [9.17, 15) is 0 Å². The minimum atomic E-state index is -0.0412. The second-order valence-corrected chi connectivity index (χ2v) is 1.35. The first-order valence-electron chi connectivity index (χ1n) is 2.25. The third-order valence-corrected chi connectivity index (χ3v) is 0.628. The van der Waals surface area contributed by atoms with Gasteiger partial charge >= 0.3 is 0 Å². The van der Waals surface area contributed by atoms with Crippen molar-refractivity contribution in [3.05, 3.63) is 12.4 Å². The van der Waals surface area contributed by atoms with Crippen LogP contribution in [0.5, 0.6) is 0 Å². The smallest absolute Gasteiger partial charge is 0.211 e. The lowest BCUT2D eigenvalue weighted by Gasteiger charge is -1.87. The molecule has 0 spiro atoms. The lowest BCUT2D eigenvalue weighted by molar-refractivity contribution is 0.691. The highest BCUT2D eigenvalue weighted by Crippen LogP contribution is 1.75. The van der Waals surface area contributed by atoms with Gasteiger partial charge < -0.3 is 11.5 Å². The summed E-state index contributed by atoms with van der Waals surface area (Å²) in [6.45, 7) is 0. The molecule has 1 aromatic heterocycles. The monoisotopic (exact) mass is 126 g/mol. The molecule has 0 aromatic carbocycles. The minimum Gasteiger partial charge on any atom is -0.369 e. The third-order valence-electron chi connectivity index (χ3n) is 0.628. The number of hydrogen-bond acceptors (Lipinski definition) is 3. The van der Waals surface area contributed by atoms with E-state index in [-0.39, 0.29) is 5.96 Å². The molecular formula is C3H6N6. The summed E-state index contributed by atoms with van der Waals surface area (Å²) in [5.74, 6) is -0.0412. The van der Waals surface area contributed by atoms with Gasteiger partial charge in [0.1, 0.15) is 0 Å². The summed E-state index contributed by atoms with van der Waals surface area (Å²) in [5.41, 5.74) is 10.0. The first-order valence-corrected chi connectivity index (χ1v) is 2.25. The lowest BCUT2D eigenvalue weighted by atomic mass is 11.0. The average molecular weight is 126 g/mol. The molecule has 0 aliphatic heterocycles. The van der Waals surface area contributed by atoms with E-state index in [4.69, 9.17) is 11.5 Å². The van der Waals surface area contributed by atoms with E-state index >= 15 is 0 Å². The van der Waals surface area contributed by atoms with Crippen molar-refractivity contribution in [3.63, 3.8) is 0 Å². The second kappa shape index (κ2) is 2.12. The highest BCUT2D eigenvalue weighted by molar-refractivity contribution is 5.75. The van der Waals surface area contributed by atoms with E-state index < -0.39 is 0 Å². The van der Waals surface area contributed by atoms with Crippen LogP contribution >= 0.6 is 0 Å². The van der Waals surface area contributed by atoms with E-state index in [2.05, 4.69) is 15.4 Å². The standard InChI is InChI=1S/C3H6N6/c4-3(5)7-9-2-1-6-8-9/h1-2H,(H4,4,5,7). The predicted molar refractivity (Wildman–Crippen MR) is 31.2 cm³/mol. The van der Waals surface area contributed by atoms with Gasteiger partial charge in [0.25, 0.3) is 0 Å². The van der Waals surface area contributed by atoms with Crippen LogP contribution in [0.2, 0.25) is 0 Å². The quantitative estimate of drug-likeness (QED) is 0.347. The number of rotatable bonds is 1. The van der Waals surface area contributed by atoms with Crippen LogP contribution in [0.15, 0.2) is 17.5 Å². The molecule has 0 bridgehead atoms. The molecule has 1 aromatic rings. The number of nitrogens with zero attached hydrogens (tertiary/aromatic N) is 4. The number of guanidine groups is 1. The first kappa shape index (κ1) is 5.54. The van der Waals surface area contributed by atoms with E-state index in [1.807, 2.05) is 0 Å². The second-order valence-electron chi connectivity index (χ2n) is 1.35. The first-order chi connectivity index (χ1) is 4.29. The molecule has 0 amide bonds. The Kier molecular flexibility index (Phi) is 1.31. The average Bonchev–Trinajstić information content (AvgIpc) is 2.15. The van der Waals surface area contributed by atoms with Gasteiger partial charge in [0, 0.05) is 0 Å². The molecular weight excluding hydrogens is 120 g/mol. The Balaban J connectivity index is 2.80. The summed E-state index contributed by atoms with van der Waals surface area (Å²) < 4.78 is 0. The molecule has 0 radical (unpaired) electrons. The molecule has 48 valence electrons. The van der Waals surface area contributed by atoms with Crippen LogP contribution in [0, 0.1) is 0 Å². The summed E-state index contributed by atoms with van der Waals surface area (Å²) in [6.07, 6.45) is 3.01. The topological polar surface area (TPSA) is 95.1 Å². The molecule has 0 atom stereocenters. The molecule has 4 N–H and O–H groups in total. The molecule has 0 saturated heterocycles. The molecule has 0 unspecified atom stereocenters. The Morgan fingerprint density at radius 2 is 2.33 bits per heavy atom. The van der Waals surface area contributed by atoms with Gasteiger partial charge in [0.05, 0.1) is 12.4 Å². The van der Waals surface area contributed by atoms with Gasteiger partial charge in [-0.25, -0.2) is 0 Å². The highest BCUT2D eigenvalue weighted by Gasteiger charge is 1.83. The van der Waals surface area contributed by atoms with Crippen LogP contribution in [0.3, 0.4) is 0 Å². The summed E-state index contributed by atoms with van der Waals surface area (Å²) in [4.78, 5) is 1.18. The maximum absolute atomic E-state index is 5.02. The van der Waals surface area contributed by atoms with Gasteiger partial charge in [-0.2, -0.15) is 0 Å². The fourth-order valence-electron chi connectivity index (χ4n) is 0.374. The number of nitrogens with two attached hydrogens (primary N) is 2. The van der Waals surface area contributed by atoms with Gasteiger partial charge in [0.15, 0.2) is 0 Å². The maximum atomic E-state index is 5.02. The number of aromatic nitrogens is 3. The molecule has 6 heteroatoms. The summed E-state index contributed by atoms with van der Waals surface area (Å²) >= 11 is 0. The predicted octanol–water partition coefficient (Wildman–Crippen LogP) is -1.69. The van der Waals surface area contributed by atoms with Crippen molar-refractivity contribution in [2.24, 2.45) is 16.6 Å². The van der Waals surface area contributed by atoms with E-state index in [0.717, 1.165) is 0 Å². The fraction of sp³-hybridized carbons (Fsp3) is 0. The molecule has 0 aliphatic carbocycles. The zero-order valence-corrected chi connectivity index (χ0v) is 4.60. The Morgan fingerprint density at radius 1 is 1.56 bits per heavy atom. The van der Waals surface area contributed by atoms with Crippen LogP contribution in [0.4, 0.5) is 0 Å². The summed E-state index contributed by atoms with van der Waals surface area (Å²) in [5, 5.41) is 10.5. The van der Waals surface area contributed by atoms with Gasteiger partial charge in [0.2, 0.25) is 5.96 Å². The van der Waals surface area contributed by atoms with Gasteiger partial charge in [-0.1, -0.05) is 0 Å². The van der Waals surface area contributed by atoms with Crippen LogP contribution in [0.1, 0.15) is 0 Å². The van der Waals surface area contributed by atoms with Crippen LogP contribution in [-0.2, 0) is 0 Å². The van der Waals surface area contributed by atoms with E-state index in [1.54, 1.807) is 0 Å². The molecule has 1 heterocycles. The molecule has 6 nitrogen and oxygen atoms in total. The van der Waals surface area contributed by atoms with Crippen molar-refractivity contribution in [2.45, 2.75) is 0 Å². The van der Waals surface area contributed by atoms with Crippen LogP contribution in [-0.4, -0.2) is 21.1 Å². The molecule has 0 aliphatic rings. The van der Waals surface area contributed by atoms with Crippen molar-refractivity contribution in [3.8, 4) is 0 Å². The van der Waals surface area contributed by atoms with Crippen molar-refractivity contribution >= 4 is 5.96 Å². The minimum absolute atomic E-state index is 0.0412. The molecule has 1 rings (SSSR count). The molecule has 0 saturated carbocycles. The number of hydrogen-bond donors (Lipinski definition) is 2. The zero-order valence-electron chi connectivity index (χ0n) is 4.60. The largest absolute Gasteiger partial charge is 0.369 e. The Labute approximate surface area is 51.1 Å². The van der Waals surface area contributed by atoms with Crippen LogP contribution < -0.4 is 11.5 Å². The maximum Gasteiger partial charge on any atom is 0.211 e. The zero-order chi connectivity index (χ0) is 6.69. The summed E-state index contributed by atoms with van der Waals surface area (Å²) in [6, 6.07) is 0. The highest BCUT2D eigenvalue weighted by atomic mass is 15.6. The molecule has 0 fully saturated rings. The van der Waals surface area contributed by atoms with Crippen molar-refractivity contribution < 1.29 is 0 Å². The Morgan fingerprint density at radius 3 is 2.78 bits per heavy atom. The lowest BCUT2D eigenvalue weighted by Crippen LogP contribution is -2.24. The van der Waals surface area contributed by atoms with E-state index in [0.29, 0.717) is 0 Å². The Bertz CT molecular complexity index is 194. The van der Waals surface area contributed by atoms with Gasteiger partial charge in [-0.3, -0.25) is 0 Å². The van der Waals surface area contributed by atoms with Crippen molar-refractivity contribution in [1.82, 2.24) is 15.1 Å².